The number of ether oxygens (including phenoxy) is 1. The molecule has 0 aliphatic carbocycles. The Balaban J connectivity index is 1.48. The number of carbonyl (C=O) groups is 2. The molecule has 168 valence electrons. The zero-order valence-corrected chi connectivity index (χ0v) is 18.1. The van der Waals surface area contributed by atoms with Crippen molar-refractivity contribution in [3.63, 3.8) is 0 Å². The largest absolute Gasteiger partial charge is 0.496 e. The average molecular weight is 444 g/mol. The third kappa shape index (κ3) is 4.51. The second-order valence-corrected chi connectivity index (χ2v) is 7.52. The molecule has 3 aromatic carbocycles. The van der Waals surface area contributed by atoms with Crippen LogP contribution in [0.1, 0.15) is 27.5 Å². The minimum absolute atomic E-state index is 0.223. The van der Waals surface area contributed by atoms with Gasteiger partial charge in [0.1, 0.15) is 11.6 Å². The molecule has 8 heteroatoms. The molecule has 6 N–H and O–H groups in total. The van der Waals surface area contributed by atoms with Gasteiger partial charge >= 0.3 is 0 Å². The molecule has 33 heavy (non-hydrogen) atoms. The lowest BCUT2D eigenvalue weighted by atomic mass is 9.98. The maximum Gasteiger partial charge on any atom is 0.255 e. The van der Waals surface area contributed by atoms with Crippen molar-refractivity contribution in [3.8, 4) is 5.75 Å². The van der Waals surface area contributed by atoms with Crippen LogP contribution in [0.2, 0.25) is 0 Å². The van der Waals surface area contributed by atoms with Gasteiger partial charge in [-0.2, -0.15) is 0 Å². The summed E-state index contributed by atoms with van der Waals surface area (Å²) in [5.41, 5.74) is 18.5. The topological polar surface area (TPSA) is 123 Å². The first-order valence-electron chi connectivity index (χ1n) is 10.4. The molecule has 0 saturated heterocycles. The van der Waals surface area contributed by atoms with Gasteiger partial charge in [0.25, 0.3) is 5.91 Å². The van der Waals surface area contributed by atoms with Crippen molar-refractivity contribution < 1.29 is 14.3 Å². The molecule has 0 fully saturated rings. The second kappa shape index (κ2) is 9.46. The normalized spacial score (nSPS) is 15.4. The van der Waals surface area contributed by atoms with E-state index in [0.717, 1.165) is 16.8 Å². The van der Waals surface area contributed by atoms with Crippen LogP contribution >= 0.6 is 0 Å². The molecule has 1 atom stereocenters. The number of nitrogens with one attached hydrogen (secondary N) is 2. The number of hydrogen-bond donors (Lipinski definition) is 4. The van der Waals surface area contributed by atoms with Gasteiger partial charge in [-0.15, -0.1) is 0 Å². The number of rotatable bonds is 7. The quantitative estimate of drug-likeness (QED) is 0.445. The van der Waals surface area contributed by atoms with E-state index in [4.69, 9.17) is 16.2 Å². The fraction of sp³-hybridized carbons (Fsp3) is 0.120. The molecule has 8 nitrogen and oxygen atoms in total. The number of nitrogens with zero attached hydrogens (tertiary/aromatic N) is 1. The van der Waals surface area contributed by atoms with Gasteiger partial charge in [-0.05, 0) is 35.4 Å². The summed E-state index contributed by atoms with van der Waals surface area (Å²) in [6.07, 6.45) is 0. The average Bonchev–Trinajstić information content (AvgIpc) is 3.20. The number of primary amides is 1. The SMILES string of the molecule is COc1ccccc1C(=O)NCc1ccc(C2NN(c3ccccc3)C(N)=C2C(N)=O)cc1. The van der Waals surface area contributed by atoms with Crippen LogP contribution in [0.25, 0.3) is 0 Å². The molecule has 1 unspecified atom stereocenters. The van der Waals surface area contributed by atoms with Crippen molar-refractivity contribution >= 4 is 17.5 Å². The van der Waals surface area contributed by atoms with Crippen LogP contribution in [-0.4, -0.2) is 18.9 Å². The lowest BCUT2D eigenvalue weighted by Crippen LogP contribution is -2.36. The summed E-state index contributed by atoms with van der Waals surface area (Å²) in [6, 6.07) is 23.5. The first-order chi connectivity index (χ1) is 16.0. The first-order valence-corrected chi connectivity index (χ1v) is 10.4. The van der Waals surface area contributed by atoms with E-state index in [1.807, 2.05) is 60.7 Å². The number of amides is 2. The monoisotopic (exact) mass is 443 g/mol. The van der Waals surface area contributed by atoms with Crippen molar-refractivity contribution in [2.45, 2.75) is 12.6 Å². The van der Waals surface area contributed by atoms with Crippen LogP contribution in [0, 0.1) is 0 Å². The number of carbonyl (C=O) groups excluding carboxylic acids is 2. The molecule has 2 amide bonds. The summed E-state index contributed by atoms with van der Waals surface area (Å²) in [4.78, 5) is 24.7. The van der Waals surface area contributed by atoms with Crippen LogP contribution in [0.4, 0.5) is 5.69 Å². The highest BCUT2D eigenvalue weighted by Crippen LogP contribution is 2.33. The van der Waals surface area contributed by atoms with Crippen LogP contribution in [-0.2, 0) is 11.3 Å². The van der Waals surface area contributed by atoms with E-state index >= 15 is 0 Å². The highest BCUT2D eigenvalue weighted by molar-refractivity contribution is 5.97. The molecule has 0 aromatic heterocycles. The maximum atomic E-state index is 12.5. The van der Waals surface area contributed by atoms with Gasteiger partial charge < -0.3 is 21.5 Å². The number of anilines is 1. The van der Waals surface area contributed by atoms with E-state index in [-0.39, 0.29) is 11.7 Å². The summed E-state index contributed by atoms with van der Waals surface area (Å²) >= 11 is 0. The van der Waals surface area contributed by atoms with Gasteiger partial charge in [-0.3, -0.25) is 14.6 Å². The highest BCUT2D eigenvalue weighted by Gasteiger charge is 2.34. The van der Waals surface area contributed by atoms with Crippen molar-refractivity contribution in [2.75, 3.05) is 12.1 Å². The van der Waals surface area contributed by atoms with Gasteiger partial charge in [0.15, 0.2) is 0 Å². The highest BCUT2D eigenvalue weighted by atomic mass is 16.5. The smallest absolute Gasteiger partial charge is 0.255 e. The van der Waals surface area contributed by atoms with E-state index in [9.17, 15) is 9.59 Å². The van der Waals surface area contributed by atoms with E-state index in [0.29, 0.717) is 23.4 Å². The Kier molecular flexibility index (Phi) is 6.28. The molecule has 1 aliphatic heterocycles. The maximum absolute atomic E-state index is 12.5. The number of para-hydroxylation sites is 2. The molecule has 1 heterocycles. The molecule has 0 saturated carbocycles. The zero-order chi connectivity index (χ0) is 23.4. The van der Waals surface area contributed by atoms with Crippen LogP contribution in [0.3, 0.4) is 0 Å². The van der Waals surface area contributed by atoms with E-state index < -0.39 is 11.9 Å². The van der Waals surface area contributed by atoms with Crippen LogP contribution in [0.15, 0.2) is 90.3 Å². The first kappa shape index (κ1) is 21.9. The Morgan fingerprint density at radius 3 is 2.33 bits per heavy atom. The summed E-state index contributed by atoms with van der Waals surface area (Å²) < 4.78 is 5.25. The molecule has 4 rings (SSSR count). The molecular formula is C25H25N5O3. The molecule has 1 aliphatic rings. The van der Waals surface area contributed by atoms with E-state index in [1.54, 1.807) is 23.2 Å². The fourth-order valence-electron chi connectivity index (χ4n) is 3.77. The second-order valence-electron chi connectivity index (χ2n) is 7.52. The number of nitrogens with two attached hydrogens (primary N) is 2. The summed E-state index contributed by atoms with van der Waals surface area (Å²) in [7, 11) is 1.53. The summed E-state index contributed by atoms with van der Waals surface area (Å²) in [5.74, 6) is -0.0216. The number of hydrogen-bond acceptors (Lipinski definition) is 6. The summed E-state index contributed by atoms with van der Waals surface area (Å²) in [6.45, 7) is 0.339. The van der Waals surface area contributed by atoms with Gasteiger partial charge in [0.2, 0.25) is 5.91 Å². The molecular weight excluding hydrogens is 418 g/mol. The number of hydrazine groups is 1. The lowest BCUT2D eigenvalue weighted by molar-refractivity contribution is -0.114. The van der Waals surface area contributed by atoms with Gasteiger partial charge in [-0.25, -0.2) is 5.43 Å². The third-order valence-electron chi connectivity index (χ3n) is 5.46. The Bertz CT molecular complexity index is 1190. The van der Waals surface area contributed by atoms with E-state index in [2.05, 4.69) is 10.7 Å². The van der Waals surface area contributed by atoms with Gasteiger partial charge in [0, 0.05) is 6.54 Å². The zero-order valence-electron chi connectivity index (χ0n) is 18.1. The minimum atomic E-state index is -0.587. The van der Waals surface area contributed by atoms with Gasteiger partial charge in [-0.1, -0.05) is 54.6 Å². The standard InChI is InChI=1S/C25H25N5O3/c1-33-20-10-6-5-9-19(20)25(32)28-15-16-11-13-17(14-12-16)22-21(24(27)31)23(26)30(29-22)18-7-3-2-4-8-18/h2-14,22,29H,15,26H2,1H3,(H2,27,31)(H,28,32). The summed E-state index contributed by atoms with van der Waals surface area (Å²) in [5, 5.41) is 4.55. The van der Waals surface area contributed by atoms with Crippen LogP contribution < -0.4 is 32.0 Å². The molecule has 0 spiro atoms. The van der Waals surface area contributed by atoms with Gasteiger partial charge in [0.05, 0.1) is 30.0 Å². The van der Waals surface area contributed by atoms with Crippen molar-refractivity contribution in [3.05, 3.63) is 107 Å². The van der Waals surface area contributed by atoms with Crippen molar-refractivity contribution in [2.24, 2.45) is 11.5 Å². The Hall–Kier alpha value is -4.30. The van der Waals surface area contributed by atoms with Crippen molar-refractivity contribution in [1.29, 1.82) is 0 Å². The number of benzene rings is 3. The van der Waals surface area contributed by atoms with E-state index in [1.165, 1.54) is 7.11 Å². The molecule has 0 radical (unpaired) electrons. The predicted molar refractivity (Wildman–Crippen MR) is 126 cm³/mol. The Labute approximate surface area is 191 Å². The van der Waals surface area contributed by atoms with Crippen LogP contribution in [0.5, 0.6) is 5.75 Å². The lowest BCUT2D eigenvalue weighted by Gasteiger charge is -2.22. The van der Waals surface area contributed by atoms with Crippen molar-refractivity contribution in [1.82, 2.24) is 10.7 Å². The molecule has 3 aromatic rings. The predicted octanol–water partition coefficient (Wildman–Crippen LogP) is 2.35. The number of methoxy groups -OCH3 is 1. The molecule has 0 bridgehead atoms. The Morgan fingerprint density at radius 2 is 1.67 bits per heavy atom. The third-order valence-corrected chi connectivity index (χ3v) is 5.46. The minimum Gasteiger partial charge on any atom is -0.496 e. The Morgan fingerprint density at radius 1 is 1.00 bits per heavy atom. The fourth-order valence-corrected chi connectivity index (χ4v) is 3.77.